The van der Waals surface area contributed by atoms with E-state index < -0.39 is 0 Å². The van der Waals surface area contributed by atoms with Gasteiger partial charge in [-0.05, 0) is 50.8 Å². The van der Waals surface area contributed by atoms with E-state index in [4.69, 9.17) is 0 Å². The Kier molecular flexibility index (Phi) is 3.56. The second-order valence-electron chi connectivity index (χ2n) is 5.80. The maximum Gasteiger partial charge on any atom is 0.230 e. The van der Waals surface area contributed by atoms with Gasteiger partial charge in [-0.15, -0.1) is 0 Å². The highest BCUT2D eigenvalue weighted by Crippen LogP contribution is 2.48. The largest absolute Gasteiger partial charge is 0.353 e. The van der Waals surface area contributed by atoms with Crippen LogP contribution in [0, 0.1) is 0 Å². The lowest BCUT2D eigenvalue weighted by Crippen LogP contribution is -2.41. The minimum absolute atomic E-state index is 0.221. The number of benzene rings is 1. The molecular weight excluding hydrogens is 236 g/mol. The molecule has 2 aliphatic rings. The van der Waals surface area contributed by atoms with Gasteiger partial charge in [-0.1, -0.05) is 30.3 Å². The Bertz CT molecular complexity index is 431. The molecule has 1 aromatic rings. The molecule has 1 aromatic carbocycles. The smallest absolute Gasteiger partial charge is 0.230 e. The zero-order valence-corrected chi connectivity index (χ0v) is 11.3. The van der Waals surface area contributed by atoms with Gasteiger partial charge in [0.1, 0.15) is 0 Å². The summed E-state index contributed by atoms with van der Waals surface area (Å²) in [5.74, 6) is 0.241. The Morgan fingerprint density at radius 2 is 1.95 bits per heavy atom. The van der Waals surface area contributed by atoms with E-state index in [9.17, 15) is 4.79 Å². The first-order valence-corrected chi connectivity index (χ1v) is 7.38. The van der Waals surface area contributed by atoms with Crippen molar-refractivity contribution in [1.82, 2.24) is 10.6 Å². The summed E-state index contributed by atoms with van der Waals surface area (Å²) in [5, 5.41) is 6.67. The van der Waals surface area contributed by atoms with Crippen molar-refractivity contribution in [3.8, 4) is 0 Å². The minimum Gasteiger partial charge on any atom is -0.353 e. The SMILES string of the molecule is O=C(NC1CCCNCC1)C1(c2ccccc2)CC1. The molecule has 102 valence electrons. The van der Waals surface area contributed by atoms with E-state index in [-0.39, 0.29) is 11.3 Å². The van der Waals surface area contributed by atoms with Crippen LogP contribution in [0.5, 0.6) is 0 Å². The van der Waals surface area contributed by atoms with E-state index >= 15 is 0 Å². The molecule has 2 fully saturated rings. The second kappa shape index (κ2) is 5.33. The summed E-state index contributed by atoms with van der Waals surface area (Å²) in [4.78, 5) is 12.6. The number of rotatable bonds is 3. The first-order chi connectivity index (χ1) is 9.31. The number of hydrogen-bond donors (Lipinski definition) is 2. The third-order valence-electron chi connectivity index (χ3n) is 4.42. The molecule has 0 spiro atoms. The highest BCUT2D eigenvalue weighted by Gasteiger charge is 2.51. The van der Waals surface area contributed by atoms with E-state index in [2.05, 4.69) is 22.8 Å². The van der Waals surface area contributed by atoms with Crippen molar-refractivity contribution in [3.63, 3.8) is 0 Å². The topological polar surface area (TPSA) is 41.1 Å². The van der Waals surface area contributed by atoms with Gasteiger partial charge in [-0.2, -0.15) is 0 Å². The lowest BCUT2D eigenvalue weighted by Gasteiger charge is -2.21. The first kappa shape index (κ1) is 12.7. The van der Waals surface area contributed by atoms with Crippen molar-refractivity contribution in [2.45, 2.75) is 43.6 Å². The fourth-order valence-corrected chi connectivity index (χ4v) is 3.02. The molecule has 3 nitrogen and oxygen atoms in total. The zero-order chi connectivity index (χ0) is 13.1. The Morgan fingerprint density at radius 1 is 1.16 bits per heavy atom. The summed E-state index contributed by atoms with van der Waals surface area (Å²) in [6.07, 6.45) is 5.30. The van der Waals surface area contributed by atoms with Crippen LogP contribution in [0.3, 0.4) is 0 Å². The van der Waals surface area contributed by atoms with E-state index in [1.54, 1.807) is 0 Å². The fraction of sp³-hybridized carbons (Fsp3) is 0.562. The predicted molar refractivity (Wildman–Crippen MR) is 76.0 cm³/mol. The molecule has 3 rings (SSSR count). The van der Waals surface area contributed by atoms with Crippen LogP contribution in [0.2, 0.25) is 0 Å². The van der Waals surface area contributed by atoms with E-state index in [0.29, 0.717) is 6.04 Å². The van der Waals surface area contributed by atoms with Crippen molar-refractivity contribution < 1.29 is 4.79 Å². The van der Waals surface area contributed by atoms with Crippen LogP contribution in [0.1, 0.15) is 37.7 Å². The molecule has 1 aliphatic carbocycles. The van der Waals surface area contributed by atoms with Gasteiger partial charge in [0.25, 0.3) is 0 Å². The van der Waals surface area contributed by atoms with Crippen LogP contribution in [0.25, 0.3) is 0 Å². The standard InChI is InChI=1S/C16H22N2O/c19-15(18-14-7-4-11-17-12-8-14)16(9-10-16)13-5-2-1-3-6-13/h1-3,5-6,14,17H,4,7-12H2,(H,18,19). The quantitative estimate of drug-likeness (QED) is 0.870. The highest BCUT2D eigenvalue weighted by molar-refractivity contribution is 5.91. The van der Waals surface area contributed by atoms with Crippen molar-refractivity contribution in [2.75, 3.05) is 13.1 Å². The number of nitrogens with one attached hydrogen (secondary N) is 2. The Labute approximate surface area is 114 Å². The summed E-state index contributed by atoms with van der Waals surface area (Å²) in [5.41, 5.74) is 0.959. The number of carbonyl (C=O) groups is 1. The van der Waals surface area contributed by atoms with Gasteiger partial charge in [0.2, 0.25) is 5.91 Å². The predicted octanol–water partition coefficient (Wildman–Crippen LogP) is 1.98. The van der Waals surface area contributed by atoms with Crippen LogP contribution >= 0.6 is 0 Å². The molecule has 1 unspecified atom stereocenters. The van der Waals surface area contributed by atoms with E-state index in [1.165, 1.54) is 5.56 Å². The average molecular weight is 258 g/mol. The molecule has 1 amide bonds. The maximum atomic E-state index is 12.6. The molecule has 0 bridgehead atoms. The van der Waals surface area contributed by atoms with Gasteiger partial charge in [-0.3, -0.25) is 4.79 Å². The molecule has 1 atom stereocenters. The zero-order valence-electron chi connectivity index (χ0n) is 11.3. The monoisotopic (exact) mass is 258 g/mol. The second-order valence-corrected chi connectivity index (χ2v) is 5.80. The van der Waals surface area contributed by atoms with Gasteiger partial charge < -0.3 is 10.6 Å². The minimum atomic E-state index is -0.221. The van der Waals surface area contributed by atoms with E-state index in [0.717, 1.165) is 45.2 Å². The maximum absolute atomic E-state index is 12.6. The van der Waals surface area contributed by atoms with Crippen molar-refractivity contribution in [1.29, 1.82) is 0 Å². The molecule has 1 saturated heterocycles. The molecule has 1 aliphatic heterocycles. The number of amides is 1. The summed E-state index contributed by atoms with van der Waals surface area (Å²) >= 11 is 0. The fourth-order valence-electron chi connectivity index (χ4n) is 3.02. The molecule has 1 heterocycles. The third kappa shape index (κ3) is 2.66. The van der Waals surface area contributed by atoms with Crippen LogP contribution in [-0.2, 0) is 10.2 Å². The Hall–Kier alpha value is -1.35. The summed E-state index contributed by atoms with van der Waals surface area (Å²) < 4.78 is 0. The molecule has 19 heavy (non-hydrogen) atoms. The lowest BCUT2D eigenvalue weighted by atomic mass is 9.94. The number of carbonyl (C=O) groups excluding carboxylic acids is 1. The highest BCUT2D eigenvalue weighted by atomic mass is 16.2. The average Bonchev–Trinajstić information content (AvgIpc) is 3.25. The van der Waals surface area contributed by atoms with Gasteiger partial charge >= 0.3 is 0 Å². The molecule has 0 radical (unpaired) electrons. The Balaban J connectivity index is 1.67. The Morgan fingerprint density at radius 3 is 2.68 bits per heavy atom. The first-order valence-electron chi connectivity index (χ1n) is 7.38. The summed E-state index contributed by atoms with van der Waals surface area (Å²) in [7, 11) is 0. The van der Waals surface area contributed by atoms with Crippen LogP contribution in [0.4, 0.5) is 0 Å². The van der Waals surface area contributed by atoms with Crippen molar-refractivity contribution in [3.05, 3.63) is 35.9 Å². The van der Waals surface area contributed by atoms with Crippen LogP contribution in [0.15, 0.2) is 30.3 Å². The van der Waals surface area contributed by atoms with Crippen molar-refractivity contribution in [2.24, 2.45) is 0 Å². The molecular formula is C16H22N2O. The normalized spacial score (nSPS) is 25.4. The molecule has 1 saturated carbocycles. The number of hydrogen-bond acceptors (Lipinski definition) is 2. The van der Waals surface area contributed by atoms with Gasteiger partial charge in [-0.25, -0.2) is 0 Å². The van der Waals surface area contributed by atoms with Crippen molar-refractivity contribution >= 4 is 5.91 Å². The van der Waals surface area contributed by atoms with Gasteiger partial charge in [0, 0.05) is 6.04 Å². The molecule has 0 aromatic heterocycles. The summed E-state index contributed by atoms with van der Waals surface area (Å²) in [6, 6.07) is 10.6. The lowest BCUT2D eigenvalue weighted by molar-refractivity contribution is -0.124. The molecule has 2 N–H and O–H groups in total. The van der Waals surface area contributed by atoms with Crippen LogP contribution in [-0.4, -0.2) is 25.0 Å². The molecule has 3 heteroatoms. The van der Waals surface area contributed by atoms with Gasteiger partial charge in [0.05, 0.1) is 5.41 Å². The summed E-state index contributed by atoms with van der Waals surface area (Å²) in [6.45, 7) is 2.10. The third-order valence-corrected chi connectivity index (χ3v) is 4.42. The van der Waals surface area contributed by atoms with E-state index in [1.807, 2.05) is 18.2 Å². The van der Waals surface area contributed by atoms with Crippen LogP contribution < -0.4 is 10.6 Å². The van der Waals surface area contributed by atoms with Gasteiger partial charge in [0.15, 0.2) is 0 Å².